The first-order valence-electron chi connectivity index (χ1n) is 8.33. The van der Waals surface area contributed by atoms with Gasteiger partial charge in [0, 0.05) is 26.2 Å². The lowest BCUT2D eigenvalue weighted by Gasteiger charge is -2.38. The highest BCUT2D eigenvalue weighted by Gasteiger charge is 2.42. The van der Waals surface area contributed by atoms with Crippen molar-refractivity contribution < 1.29 is 13.2 Å². The summed E-state index contributed by atoms with van der Waals surface area (Å²) in [5, 5.41) is 0. The third kappa shape index (κ3) is 4.76. The predicted octanol–water partition coefficient (Wildman–Crippen LogP) is 1.75. The van der Waals surface area contributed by atoms with Crippen LogP contribution in [0.1, 0.15) is 31.2 Å². The molecule has 0 aromatic heterocycles. The van der Waals surface area contributed by atoms with Crippen molar-refractivity contribution in [1.82, 2.24) is 9.62 Å². The van der Waals surface area contributed by atoms with Crippen LogP contribution in [0.2, 0.25) is 0 Å². The van der Waals surface area contributed by atoms with E-state index in [0.29, 0.717) is 6.54 Å². The Morgan fingerprint density at radius 3 is 2.83 bits per heavy atom. The molecule has 0 saturated carbocycles. The van der Waals surface area contributed by atoms with Crippen LogP contribution in [0.4, 0.5) is 0 Å². The van der Waals surface area contributed by atoms with Gasteiger partial charge in [-0.2, -0.15) is 0 Å². The van der Waals surface area contributed by atoms with Crippen LogP contribution in [0.25, 0.3) is 0 Å². The van der Waals surface area contributed by atoms with Crippen LogP contribution in [-0.4, -0.2) is 50.9 Å². The Balaban J connectivity index is 1.55. The van der Waals surface area contributed by atoms with Gasteiger partial charge in [0.15, 0.2) is 0 Å². The highest BCUT2D eigenvalue weighted by atomic mass is 32.2. The molecule has 128 valence electrons. The second-order valence-corrected chi connectivity index (χ2v) is 8.71. The predicted molar refractivity (Wildman–Crippen MR) is 90.6 cm³/mol. The fourth-order valence-electron chi connectivity index (χ4n) is 3.72. The Morgan fingerprint density at radius 2 is 2.09 bits per heavy atom. The maximum Gasteiger partial charge on any atom is 0.208 e. The maximum absolute atomic E-state index is 11.3. The van der Waals surface area contributed by atoms with E-state index in [4.69, 9.17) is 4.74 Å². The summed E-state index contributed by atoms with van der Waals surface area (Å²) in [5.74, 6) is 0. The molecule has 5 nitrogen and oxygen atoms in total. The van der Waals surface area contributed by atoms with Gasteiger partial charge in [0.05, 0.1) is 18.0 Å². The molecule has 23 heavy (non-hydrogen) atoms. The number of hydrogen-bond acceptors (Lipinski definition) is 4. The molecule has 1 aromatic carbocycles. The van der Waals surface area contributed by atoms with Crippen molar-refractivity contribution in [2.75, 3.05) is 25.9 Å². The van der Waals surface area contributed by atoms with E-state index in [1.807, 2.05) is 6.07 Å². The minimum absolute atomic E-state index is 0.00449. The molecule has 6 heteroatoms. The van der Waals surface area contributed by atoms with E-state index in [2.05, 4.69) is 33.9 Å². The molecular weight excluding hydrogens is 312 g/mol. The third-order valence-electron chi connectivity index (χ3n) is 4.79. The number of hydrogen-bond donors (Lipinski definition) is 1. The summed E-state index contributed by atoms with van der Waals surface area (Å²) >= 11 is 0. The van der Waals surface area contributed by atoms with Gasteiger partial charge < -0.3 is 4.74 Å². The maximum atomic E-state index is 11.3. The molecule has 1 aromatic rings. The first-order valence-corrected chi connectivity index (χ1v) is 10.2. The van der Waals surface area contributed by atoms with Crippen molar-refractivity contribution in [3.63, 3.8) is 0 Å². The fourth-order valence-corrected chi connectivity index (χ4v) is 4.20. The average Bonchev–Trinajstić information content (AvgIpc) is 2.88. The summed E-state index contributed by atoms with van der Waals surface area (Å²) < 4.78 is 31.4. The monoisotopic (exact) mass is 338 g/mol. The largest absolute Gasteiger partial charge is 0.369 e. The Bertz CT molecular complexity index is 620. The Kier molecular flexibility index (Phi) is 5.06. The van der Waals surface area contributed by atoms with Crippen molar-refractivity contribution in [3.05, 3.63) is 35.9 Å². The van der Waals surface area contributed by atoms with E-state index >= 15 is 0 Å². The number of benzene rings is 1. The molecular formula is C17H26N2O3S. The topological polar surface area (TPSA) is 58.6 Å². The first kappa shape index (κ1) is 16.9. The Morgan fingerprint density at radius 1 is 1.30 bits per heavy atom. The zero-order chi connectivity index (χ0) is 16.3. The molecule has 2 aliphatic heterocycles. The summed E-state index contributed by atoms with van der Waals surface area (Å²) in [5.41, 5.74) is 1.24. The zero-order valence-corrected chi connectivity index (χ0v) is 14.5. The van der Waals surface area contributed by atoms with E-state index in [-0.39, 0.29) is 11.7 Å². The van der Waals surface area contributed by atoms with Gasteiger partial charge in [-0.1, -0.05) is 30.3 Å². The van der Waals surface area contributed by atoms with Crippen LogP contribution >= 0.6 is 0 Å². The summed E-state index contributed by atoms with van der Waals surface area (Å²) in [6.07, 6.45) is 5.35. The van der Waals surface area contributed by atoms with E-state index in [1.54, 1.807) is 0 Å². The number of likely N-dealkylation sites (tertiary alicyclic amines) is 1. The minimum atomic E-state index is -3.15. The molecule has 0 bridgehead atoms. The van der Waals surface area contributed by atoms with Gasteiger partial charge in [-0.15, -0.1) is 0 Å². The van der Waals surface area contributed by atoms with Crippen LogP contribution in [0.15, 0.2) is 30.3 Å². The van der Waals surface area contributed by atoms with Gasteiger partial charge in [-0.3, -0.25) is 4.90 Å². The standard InChI is InChI=1S/C17H26N2O3S/c1-23(20,21)18-12-16-8-5-9-17(22-16)10-11-19(14-17)13-15-6-3-2-4-7-15/h2-4,6-7,16,18H,5,8-14H2,1H3/t16-,17-/m0/s1. The van der Waals surface area contributed by atoms with E-state index < -0.39 is 10.0 Å². The fraction of sp³-hybridized carbons (Fsp3) is 0.647. The number of ether oxygens (including phenoxy) is 1. The van der Waals surface area contributed by atoms with Gasteiger partial charge in [-0.25, -0.2) is 13.1 Å². The third-order valence-corrected chi connectivity index (χ3v) is 5.48. The summed E-state index contributed by atoms with van der Waals surface area (Å²) in [6.45, 7) is 3.33. The molecule has 0 amide bonds. The molecule has 2 atom stereocenters. The highest BCUT2D eigenvalue weighted by Crippen LogP contribution is 2.37. The number of sulfonamides is 1. The van der Waals surface area contributed by atoms with Crippen molar-refractivity contribution in [1.29, 1.82) is 0 Å². The lowest BCUT2D eigenvalue weighted by molar-refractivity contribution is -0.118. The summed E-state index contributed by atoms with van der Waals surface area (Å²) in [7, 11) is -3.15. The van der Waals surface area contributed by atoms with Crippen molar-refractivity contribution in [2.45, 2.75) is 43.9 Å². The summed E-state index contributed by atoms with van der Waals surface area (Å²) in [4.78, 5) is 2.45. The number of nitrogens with one attached hydrogen (secondary N) is 1. The number of nitrogens with zero attached hydrogens (tertiary/aromatic N) is 1. The average molecular weight is 338 g/mol. The SMILES string of the molecule is CS(=O)(=O)NC[C@@H]1CCC[C@@]2(CCN(Cc3ccccc3)C2)O1. The summed E-state index contributed by atoms with van der Waals surface area (Å²) in [6, 6.07) is 10.5. The van der Waals surface area contributed by atoms with Gasteiger partial charge in [-0.05, 0) is 31.2 Å². The van der Waals surface area contributed by atoms with E-state index in [1.165, 1.54) is 11.8 Å². The molecule has 0 radical (unpaired) electrons. The lowest BCUT2D eigenvalue weighted by Crippen LogP contribution is -2.46. The van der Waals surface area contributed by atoms with Crippen molar-refractivity contribution >= 4 is 10.0 Å². The van der Waals surface area contributed by atoms with Gasteiger partial charge in [0.1, 0.15) is 0 Å². The molecule has 0 aliphatic carbocycles. The van der Waals surface area contributed by atoms with Crippen LogP contribution in [0, 0.1) is 0 Å². The quantitative estimate of drug-likeness (QED) is 0.889. The number of rotatable bonds is 5. The van der Waals surface area contributed by atoms with Gasteiger partial charge in [0.25, 0.3) is 0 Å². The van der Waals surface area contributed by atoms with Crippen LogP contribution in [0.3, 0.4) is 0 Å². The van der Waals surface area contributed by atoms with Crippen LogP contribution in [0.5, 0.6) is 0 Å². The zero-order valence-electron chi connectivity index (χ0n) is 13.7. The minimum Gasteiger partial charge on any atom is -0.369 e. The lowest BCUT2D eigenvalue weighted by atomic mass is 9.90. The van der Waals surface area contributed by atoms with E-state index in [9.17, 15) is 8.42 Å². The molecule has 2 fully saturated rings. The molecule has 2 heterocycles. The molecule has 2 aliphatic rings. The first-order chi connectivity index (χ1) is 10.9. The molecule has 1 N–H and O–H groups in total. The molecule has 2 saturated heterocycles. The van der Waals surface area contributed by atoms with E-state index in [0.717, 1.165) is 45.3 Å². The van der Waals surface area contributed by atoms with Gasteiger partial charge in [0.2, 0.25) is 10.0 Å². The molecule has 0 unspecified atom stereocenters. The molecule has 3 rings (SSSR count). The van der Waals surface area contributed by atoms with Crippen molar-refractivity contribution in [3.8, 4) is 0 Å². The second kappa shape index (κ2) is 6.89. The van der Waals surface area contributed by atoms with Crippen LogP contribution in [-0.2, 0) is 21.3 Å². The molecule has 1 spiro atoms. The second-order valence-electron chi connectivity index (χ2n) is 6.88. The normalized spacial score (nSPS) is 29.2. The van der Waals surface area contributed by atoms with Crippen molar-refractivity contribution in [2.24, 2.45) is 0 Å². The Labute approximate surface area is 139 Å². The Hall–Kier alpha value is -0.950. The van der Waals surface area contributed by atoms with Crippen LogP contribution < -0.4 is 4.72 Å². The highest BCUT2D eigenvalue weighted by molar-refractivity contribution is 7.88. The smallest absolute Gasteiger partial charge is 0.208 e. The van der Waals surface area contributed by atoms with Gasteiger partial charge >= 0.3 is 0 Å².